The second-order valence-electron chi connectivity index (χ2n) is 1.60. The van der Waals surface area contributed by atoms with E-state index in [1.54, 1.807) is 4.31 Å². The predicted octanol–water partition coefficient (Wildman–Crippen LogP) is 1.51. The van der Waals surface area contributed by atoms with Gasteiger partial charge in [0.2, 0.25) is 5.29 Å². The largest absolute Gasteiger partial charge is 0.274 e. The molecule has 0 amide bonds. The second kappa shape index (κ2) is 2.58. The number of halogens is 1. The standard InChI is InChI=1S/C4H6ClN3S/c1-3-6-4(5)8(2)9-7-3/h1-2H3. The summed E-state index contributed by atoms with van der Waals surface area (Å²) >= 11 is 6.93. The third-order valence-corrected chi connectivity index (χ3v) is 2.01. The second-order valence-corrected chi connectivity index (χ2v) is 2.83. The highest BCUT2D eigenvalue weighted by molar-refractivity contribution is 7.96. The molecule has 0 fully saturated rings. The number of rotatable bonds is 0. The molecule has 0 spiro atoms. The molecule has 0 unspecified atom stereocenters. The van der Waals surface area contributed by atoms with Gasteiger partial charge >= 0.3 is 0 Å². The van der Waals surface area contributed by atoms with Gasteiger partial charge in [-0.3, -0.25) is 4.31 Å². The minimum atomic E-state index is 0.479. The lowest BCUT2D eigenvalue weighted by Crippen LogP contribution is -2.17. The summed E-state index contributed by atoms with van der Waals surface area (Å²) in [6.07, 6.45) is 0. The smallest absolute Gasteiger partial charge is 0.211 e. The average molecular weight is 164 g/mol. The summed E-state index contributed by atoms with van der Waals surface area (Å²) in [6, 6.07) is 0. The van der Waals surface area contributed by atoms with Gasteiger partial charge in [0.05, 0.1) is 12.1 Å². The molecule has 0 saturated heterocycles. The van der Waals surface area contributed by atoms with Crippen molar-refractivity contribution >= 4 is 34.9 Å². The molecule has 0 N–H and O–H groups in total. The van der Waals surface area contributed by atoms with Crippen LogP contribution >= 0.6 is 23.7 Å². The molecule has 5 heteroatoms. The van der Waals surface area contributed by atoms with Crippen molar-refractivity contribution in [3.8, 4) is 0 Å². The van der Waals surface area contributed by atoms with Gasteiger partial charge in [-0.2, -0.15) is 4.40 Å². The van der Waals surface area contributed by atoms with E-state index < -0.39 is 0 Å². The molecule has 0 aromatic carbocycles. The highest BCUT2D eigenvalue weighted by Gasteiger charge is 2.08. The Morgan fingerprint density at radius 2 is 2.33 bits per heavy atom. The zero-order valence-electron chi connectivity index (χ0n) is 5.13. The Kier molecular flexibility index (Phi) is 1.97. The lowest BCUT2D eigenvalue weighted by molar-refractivity contribution is 0.857. The van der Waals surface area contributed by atoms with E-state index in [0.29, 0.717) is 11.1 Å². The summed E-state index contributed by atoms with van der Waals surface area (Å²) in [5.74, 6) is 0.711. The molecule has 3 nitrogen and oxygen atoms in total. The Hall–Kier alpha value is -0.220. The van der Waals surface area contributed by atoms with Gasteiger partial charge in [-0.25, -0.2) is 4.99 Å². The third kappa shape index (κ3) is 1.59. The molecule has 0 atom stereocenters. The van der Waals surface area contributed by atoms with Gasteiger partial charge in [0.25, 0.3) is 0 Å². The molecular weight excluding hydrogens is 158 g/mol. The Morgan fingerprint density at radius 1 is 1.67 bits per heavy atom. The first-order valence-corrected chi connectivity index (χ1v) is 3.50. The zero-order valence-corrected chi connectivity index (χ0v) is 6.70. The minimum absolute atomic E-state index is 0.479. The Balaban J connectivity index is 2.74. The van der Waals surface area contributed by atoms with Crippen molar-refractivity contribution in [2.45, 2.75) is 6.92 Å². The molecule has 9 heavy (non-hydrogen) atoms. The fourth-order valence-electron chi connectivity index (χ4n) is 0.378. The molecule has 0 aromatic rings. The maximum Gasteiger partial charge on any atom is 0.211 e. The lowest BCUT2D eigenvalue weighted by atomic mass is 10.7. The fraction of sp³-hybridized carbons (Fsp3) is 0.500. The topological polar surface area (TPSA) is 28.0 Å². The molecule has 1 heterocycles. The van der Waals surface area contributed by atoms with Crippen molar-refractivity contribution in [2.75, 3.05) is 7.05 Å². The first-order chi connectivity index (χ1) is 4.20. The maximum absolute atomic E-state index is 5.64. The van der Waals surface area contributed by atoms with Gasteiger partial charge in [-0.05, 0) is 18.5 Å². The van der Waals surface area contributed by atoms with Crippen LogP contribution in [-0.2, 0) is 0 Å². The van der Waals surface area contributed by atoms with Gasteiger partial charge < -0.3 is 0 Å². The molecule has 1 aliphatic heterocycles. The molecule has 50 valence electrons. The summed E-state index contributed by atoms with van der Waals surface area (Å²) in [7, 11) is 1.81. The van der Waals surface area contributed by atoms with Crippen LogP contribution in [0.2, 0.25) is 0 Å². The van der Waals surface area contributed by atoms with Crippen LogP contribution in [0.15, 0.2) is 9.39 Å². The van der Waals surface area contributed by atoms with Crippen molar-refractivity contribution in [3.05, 3.63) is 0 Å². The summed E-state index contributed by atoms with van der Waals surface area (Å²) < 4.78 is 5.64. The number of amidine groups is 2. The Bertz CT molecular complexity index is 177. The minimum Gasteiger partial charge on any atom is -0.274 e. The molecule has 1 aliphatic rings. The van der Waals surface area contributed by atoms with Crippen LogP contribution < -0.4 is 0 Å². The van der Waals surface area contributed by atoms with Crippen molar-refractivity contribution < 1.29 is 0 Å². The quantitative estimate of drug-likeness (QED) is 0.400. The van der Waals surface area contributed by atoms with Crippen LogP contribution in [-0.4, -0.2) is 22.5 Å². The van der Waals surface area contributed by atoms with E-state index in [0.717, 1.165) is 0 Å². The van der Waals surface area contributed by atoms with Crippen molar-refractivity contribution in [2.24, 2.45) is 9.39 Å². The molecule has 0 bridgehead atoms. The first-order valence-electron chi connectivity index (χ1n) is 2.40. The van der Waals surface area contributed by atoms with Gasteiger partial charge in [-0.15, -0.1) is 0 Å². The molecule has 0 aliphatic carbocycles. The van der Waals surface area contributed by atoms with E-state index in [4.69, 9.17) is 11.6 Å². The molecular formula is C4H6ClN3S. The van der Waals surface area contributed by atoms with E-state index in [1.807, 2.05) is 14.0 Å². The summed E-state index contributed by atoms with van der Waals surface area (Å²) in [4.78, 5) is 3.90. The monoisotopic (exact) mass is 163 g/mol. The van der Waals surface area contributed by atoms with Crippen LogP contribution in [0.5, 0.6) is 0 Å². The normalized spacial score (nSPS) is 19.2. The number of hydrogen-bond acceptors (Lipinski definition) is 4. The van der Waals surface area contributed by atoms with Crippen molar-refractivity contribution in [1.29, 1.82) is 0 Å². The predicted molar refractivity (Wildman–Crippen MR) is 41.8 cm³/mol. The Morgan fingerprint density at radius 3 is 2.78 bits per heavy atom. The number of nitrogens with zero attached hydrogens (tertiary/aromatic N) is 3. The maximum atomic E-state index is 5.64. The Labute approximate surface area is 63.1 Å². The van der Waals surface area contributed by atoms with E-state index in [2.05, 4.69) is 9.39 Å². The lowest BCUT2D eigenvalue weighted by Gasteiger charge is -2.14. The molecule has 0 radical (unpaired) electrons. The fourth-order valence-corrected chi connectivity index (χ4v) is 0.983. The van der Waals surface area contributed by atoms with Gasteiger partial charge in [0, 0.05) is 7.05 Å². The number of aliphatic imine (C=N–C) groups is 1. The zero-order chi connectivity index (χ0) is 6.85. The highest BCUT2D eigenvalue weighted by Crippen LogP contribution is 2.16. The van der Waals surface area contributed by atoms with Crippen LogP contribution in [0.3, 0.4) is 0 Å². The number of hydrogen-bond donors (Lipinski definition) is 0. The average Bonchev–Trinajstić information content (AvgIpc) is 1.80. The summed E-state index contributed by atoms with van der Waals surface area (Å²) in [5, 5.41) is 0.479. The first kappa shape index (κ1) is 6.89. The van der Waals surface area contributed by atoms with Gasteiger partial charge in [0.15, 0.2) is 0 Å². The van der Waals surface area contributed by atoms with Crippen molar-refractivity contribution in [3.63, 3.8) is 0 Å². The molecule has 1 rings (SSSR count). The van der Waals surface area contributed by atoms with E-state index in [9.17, 15) is 0 Å². The van der Waals surface area contributed by atoms with E-state index in [1.165, 1.54) is 12.1 Å². The van der Waals surface area contributed by atoms with Gasteiger partial charge in [-0.1, -0.05) is 0 Å². The highest BCUT2D eigenvalue weighted by atomic mass is 35.5. The third-order valence-electron chi connectivity index (χ3n) is 0.809. The summed E-state index contributed by atoms with van der Waals surface area (Å²) in [5.41, 5.74) is 0. The van der Waals surface area contributed by atoms with E-state index in [-0.39, 0.29) is 0 Å². The van der Waals surface area contributed by atoms with Crippen molar-refractivity contribution in [1.82, 2.24) is 4.31 Å². The van der Waals surface area contributed by atoms with Gasteiger partial charge in [0.1, 0.15) is 5.84 Å². The SMILES string of the molecule is CC1=NSN(C)C(Cl)=N1. The van der Waals surface area contributed by atoms with Crippen LogP contribution in [0, 0.1) is 0 Å². The van der Waals surface area contributed by atoms with Crippen LogP contribution in [0.1, 0.15) is 6.92 Å². The van der Waals surface area contributed by atoms with E-state index >= 15 is 0 Å². The summed E-state index contributed by atoms with van der Waals surface area (Å²) in [6.45, 7) is 1.81. The molecule has 0 aromatic heterocycles. The molecule has 0 saturated carbocycles. The van der Waals surface area contributed by atoms with Crippen LogP contribution in [0.25, 0.3) is 0 Å². The van der Waals surface area contributed by atoms with Crippen LogP contribution in [0.4, 0.5) is 0 Å².